The molecule has 2 aromatic rings. The number of nitro groups is 1. The highest BCUT2D eigenvalue weighted by Gasteiger charge is 2.34. The molecule has 0 radical (unpaired) electrons. The van der Waals surface area contributed by atoms with Crippen molar-refractivity contribution in [3.63, 3.8) is 0 Å². The lowest BCUT2D eigenvalue weighted by Gasteiger charge is -2.35. The van der Waals surface area contributed by atoms with E-state index in [1.807, 2.05) is 25.1 Å². The number of rotatable bonds is 11. The van der Waals surface area contributed by atoms with Gasteiger partial charge in [0.25, 0.3) is 5.69 Å². The predicted octanol–water partition coefficient (Wildman–Crippen LogP) is 6.10. The molecule has 2 fully saturated rings. The second kappa shape index (κ2) is 18.1. The summed E-state index contributed by atoms with van der Waals surface area (Å²) in [6.07, 6.45) is 5.31. The van der Waals surface area contributed by atoms with E-state index >= 15 is 0 Å². The van der Waals surface area contributed by atoms with Gasteiger partial charge in [-0.2, -0.15) is 18.4 Å². The van der Waals surface area contributed by atoms with Gasteiger partial charge >= 0.3 is 6.18 Å². The van der Waals surface area contributed by atoms with Crippen LogP contribution in [0.2, 0.25) is 0 Å². The molecular formula is C34H44F3N7O4. The molecule has 4 rings (SSSR count). The van der Waals surface area contributed by atoms with Crippen LogP contribution < -0.4 is 21.7 Å². The first kappa shape index (κ1) is 37.8. The number of carbonyl (C=O) groups is 1. The molecule has 5 N–H and O–H groups in total. The quantitative estimate of drug-likeness (QED) is 0.0843. The van der Waals surface area contributed by atoms with E-state index in [-0.39, 0.29) is 18.2 Å². The minimum Gasteiger partial charge on any atom is -0.398 e. The Morgan fingerprint density at radius 2 is 1.83 bits per heavy atom. The number of nitriles is 1. The Balaban J connectivity index is 0.00000201. The van der Waals surface area contributed by atoms with Crippen molar-refractivity contribution in [3.05, 3.63) is 80.4 Å². The maximum Gasteiger partial charge on any atom is 0.416 e. The number of anilines is 2. The number of allylic oxidation sites excluding steroid dienone is 3. The van der Waals surface area contributed by atoms with Gasteiger partial charge in [-0.05, 0) is 80.0 Å². The molecular weight excluding hydrogens is 627 g/mol. The number of hydrogen-bond donors (Lipinski definition) is 3. The number of nitrogens with one attached hydrogen (secondary N) is 1. The number of alkyl halides is 3. The molecule has 0 bridgehead atoms. The van der Waals surface area contributed by atoms with E-state index in [4.69, 9.17) is 15.7 Å². The monoisotopic (exact) mass is 671 g/mol. The van der Waals surface area contributed by atoms with Crippen molar-refractivity contribution in [1.29, 1.82) is 5.26 Å². The van der Waals surface area contributed by atoms with Gasteiger partial charge in [0.15, 0.2) is 6.19 Å². The number of amides is 1. The Morgan fingerprint density at radius 1 is 1.15 bits per heavy atom. The number of ether oxygens (including phenoxy) is 1. The molecule has 0 aromatic heterocycles. The molecule has 48 heavy (non-hydrogen) atoms. The maximum atomic E-state index is 13.0. The van der Waals surface area contributed by atoms with Crippen LogP contribution in [-0.4, -0.2) is 61.7 Å². The molecule has 260 valence electrons. The predicted molar refractivity (Wildman–Crippen MR) is 180 cm³/mol. The van der Waals surface area contributed by atoms with Crippen LogP contribution in [0.5, 0.6) is 0 Å². The van der Waals surface area contributed by atoms with Crippen molar-refractivity contribution in [2.24, 2.45) is 11.5 Å². The first-order chi connectivity index (χ1) is 22.9. The van der Waals surface area contributed by atoms with Crippen LogP contribution in [0, 0.1) is 28.5 Å². The highest BCUT2D eigenvalue weighted by Crippen LogP contribution is 2.37. The molecule has 1 heterocycles. The first-order valence-electron chi connectivity index (χ1n) is 16.0. The Morgan fingerprint density at radius 3 is 2.48 bits per heavy atom. The number of unbranched alkanes of at least 4 members (excludes halogenated alkanes) is 1. The first-order valence-corrected chi connectivity index (χ1v) is 16.0. The number of aryl methyl sites for hydroxylation is 1. The molecule has 2 aliphatic rings. The van der Waals surface area contributed by atoms with Gasteiger partial charge in [0.2, 0.25) is 5.91 Å². The fourth-order valence-electron chi connectivity index (χ4n) is 5.81. The van der Waals surface area contributed by atoms with E-state index in [1.165, 1.54) is 29.8 Å². The second-order valence-electron chi connectivity index (χ2n) is 11.7. The molecule has 1 amide bonds. The van der Waals surface area contributed by atoms with Crippen molar-refractivity contribution in [2.75, 3.05) is 56.2 Å². The number of piperazine rings is 1. The Bertz CT molecular complexity index is 1530. The zero-order valence-corrected chi connectivity index (χ0v) is 27.4. The summed E-state index contributed by atoms with van der Waals surface area (Å²) in [6.45, 7) is 6.83. The Kier molecular flexibility index (Phi) is 14.2. The lowest BCUT2D eigenvalue weighted by molar-refractivity contribution is -0.384. The van der Waals surface area contributed by atoms with E-state index in [2.05, 4.69) is 29.0 Å². The van der Waals surface area contributed by atoms with Crippen molar-refractivity contribution in [2.45, 2.75) is 58.5 Å². The Labute approximate surface area is 279 Å². The third kappa shape index (κ3) is 10.7. The van der Waals surface area contributed by atoms with Crippen LogP contribution in [0.25, 0.3) is 5.70 Å². The zero-order valence-electron chi connectivity index (χ0n) is 27.4. The summed E-state index contributed by atoms with van der Waals surface area (Å²) in [5.41, 5.74) is 15.4. The minimum atomic E-state index is -4.65. The fraction of sp³-hybridized carbons (Fsp3) is 0.471. The number of nitrogens with two attached hydrogens (primary N) is 2. The third-order valence-corrected chi connectivity index (χ3v) is 8.32. The fourth-order valence-corrected chi connectivity index (χ4v) is 5.81. The molecule has 1 aliphatic carbocycles. The van der Waals surface area contributed by atoms with Crippen molar-refractivity contribution < 1.29 is 27.6 Å². The highest BCUT2D eigenvalue weighted by molar-refractivity contribution is 5.92. The summed E-state index contributed by atoms with van der Waals surface area (Å²) in [7, 11) is 0. The smallest absolute Gasteiger partial charge is 0.398 e. The van der Waals surface area contributed by atoms with Crippen LogP contribution in [0.1, 0.15) is 62.1 Å². The number of benzene rings is 2. The molecule has 2 aromatic carbocycles. The van der Waals surface area contributed by atoms with Crippen molar-refractivity contribution >= 4 is 28.7 Å². The van der Waals surface area contributed by atoms with Gasteiger partial charge in [-0.25, -0.2) is 0 Å². The SMILES string of the molecule is CCC/C=C1\CCCC\C1=C(/N)c1cc(NC(=O)COCCN2CCN(c3ccc(C(F)(F)F)cc3[N+](=O)[O-])CC2)ccc1C.N#CN. The van der Waals surface area contributed by atoms with Gasteiger partial charge in [-0.15, -0.1) is 0 Å². The standard InChI is InChI=1S/C33H42F3N5O4.CH2N2/c1-3-4-7-24-8-5-6-9-27(24)32(37)28-21-26(12-10-23(28)2)38-31(42)22-45-19-18-39-14-16-40(17-15-39)29-13-11-25(33(34,35)36)20-30(29)41(43)44;2-1-3/h7,10-13,20-21H,3-6,8-9,14-19,22,37H2,1-2H3,(H,38,42);2H2/b24-7+,32-27+;. The molecule has 14 heteroatoms. The van der Waals surface area contributed by atoms with Gasteiger partial charge in [0.1, 0.15) is 12.3 Å². The zero-order chi connectivity index (χ0) is 35.3. The van der Waals surface area contributed by atoms with Crippen LogP contribution >= 0.6 is 0 Å². The summed E-state index contributed by atoms with van der Waals surface area (Å²) in [4.78, 5) is 27.1. The van der Waals surface area contributed by atoms with E-state index < -0.39 is 22.4 Å². The summed E-state index contributed by atoms with van der Waals surface area (Å²) < 4.78 is 44.7. The van der Waals surface area contributed by atoms with Crippen LogP contribution in [0.4, 0.5) is 30.2 Å². The van der Waals surface area contributed by atoms with Gasteiger partial charge in [-0.3, -0.25) is 19.8 Å². The number of halogens is 3. The normalized spacial score (nSPS) is 17.2. The van der Waals surface area contributed by atoms with Gasteiger partial charge in [0, 0.05) is 55.7 Å². The third-order valence-electron chi connectivity index (χ3n) is 8.32. The molecule has 1 saturated carbocycles. The van der Waals surface area contributed by atoms with Crippen LogP contribution in [0.3, 0.4) is 0 Å². The Hall–Kier alpha value is -4.61. The molecule has 0 spiro atoms. The number of carbonyl (C=O) groups excluding carboxylic acids is 1. The van der Waals surface area contributed by atoms with Crippen LogP contribution in [0.15, 0.2) is 53.6 Å². The molecule has 0 unspecified atom stereocenters. The number of nitrogens with zero attached hydrogens (tertiary/aromatic N) is 4. The minimum absolute atomic E-state index is 0.124. The lowest BCUT2D eigenvalue weighted by Crippen LogP contribution is -2.47. The van der Waals surface area contributed by atoms with Gasteiger partial charge in [0.05, 0.1) is 17.1 Å². The summed E-state index contributed by atoms with van der Waals surface area (Å²) in [5.74, 6) is -0.281. The van der Waals surface area contributed by atoms with E-state index in [1.54, 1.807) is 4.90 Å². The van der Waals surface area contributed by atoms with Gasteiger partial charge < -0.3 is 26.4 Å². The number of nitro benzene ring substituents is 1. The van der Waals surface area contributed by atoms with E-state index in [0.717, 1.165) is 55.0 Å². The van der Waals surface area contributed by atoms with Crippen molar-refractivity contribution in [1.82, 2.24) is 4.90 Å². The number of hydrogen-bond acceptors (Lipinski definition) is 9. The highest BCUT2D eigenvalue weighted by atomic mass is 19.4. The summed E-state index contributed by atoms with van der Waals surface area (Å²) >= 11 is 0. The summed E-state index contributed by atoms with van der Waals surface area (Å²) in [6, 6.07) is 8.35. The van der Waals surface area contributed by atoms with E-state index in [9.17, 15) is 28.1 Å². The largest absolute Gasteiger partial charge is 0.416 e. The molecule has 1 saturated heterocycles. The average Bonchev–Trinajstić information content (AvgIpc) is 3.06. The maximum absolute atomic E-state index is 13.0. The topological polar surface area (TPSA) is 164 Å². The van der Waals surface area contributed by atoms with Gasteiger partial charge in [-0.1, -0.05) is 25.5 Å². The summed E-state index contributed by atoms with van der Waals surface area (Å²) in [5, 5.41) is 21.5. The second-order valence-corrected chi connectivity index (χ2v) is 11.7. The molecule has 0 atom stereocenters. The van der Waals surface area contributed by atoms with Crippen molar-refractivity contribution in [3.8, 4) is 6.19 Å². The lowest BCUT2D eigenvalue weighted by atomic mass is 9.85. The average molecular weight is 672 g/mol. The molecule has 11 nitrogen and oxygen atoms in total. The van der Waals surface area contributed by atoms with E-state index in [0.29, 0.717) is 51.1 Å². The van der Waals surface area contributed by atoms with Crippen LogP contribution in [-0.2, 0) is 15.7 Å². The molecule has 1 aliphatic heterocycles.